The second kappa shape index (κ2) is 3.84. The van der Waals surface area contributed by atoms with Crippen molar-refractivity contribution >= 4 is 0 Å². The SMILES string of the molecule is CCc1ccc(C#N)cc1C(C)(C)C. The fraction of sp³-hybridized carbons (Fsp3) is 0.462. The number of nitrogens with zero attached hydrogens (tertiary/aromatic N) is 1. The van der Waals surface area contributed by atoms with E-state index >= 15 is 0 Å². The van der Waals surface area contributed by atoms with Crippen molar-refractivity contribution in [1.82, 2.24) is 0 Å². The molecule has 0 unspecified atom stereocenters. The van der Waals surface area contributed by atoms with Gasteiger partial charge in [0.05, 0.1) is 11.6 Å². The second-order valence-electron chi connectivity index (χ2n) is 4.59. The Kier molecular flexibility index (Phi) is 2.96. The van der Waals surface area contributed by atoms with Crippen LogP contribution in [0, 0.1) is 11.3 Å². The van der Waals surface area contributed by atoms with Gasteiger partial charge in [-0.05, 0) is 35.1 Å². The standard InChI is InChI=1S/C13H17N/c1-5-11-7-6-10(9-14)8-12(11)13(2,3)4/h6-8H,5H2,1-4H3. The van der Waals surface area contributed by atoms with E-state index < -0.39 is 0 Å². The first-order valence-corrected chi connectivity index (χ1v) is 5.02. The molecule has 0 spiro atoms. The zero-order valence-corrected chi connectivity index (χ0v) is 9.39. The largest absolute Gasteiger partial charge is 0.192 e. The lowest BCUT2D eigenvalue weighted by molar-refractivity contribution is 0.583. The molecule has 0 aromatic heterocycles. The molecule has 0 aliphatic rings. The van der Waals surface area contributed by atoms with E-state index in [4.69, 9.17) is 5.26 Å². The van der Waals surface area contributed by atoms with Gasteiger partial charge in [-0.3, -0.25) is 0 Å². The minimum atomic E-state index is 0.123. The van der Waals surface area contributed by atoms with Crippen molar-refractivity contribution in [2.75, 3.05) is 0 Å². The van der Waals surface area contributed by atoms with E-state index in [0.717, 1.165) is 12.0 Å². The Morgan fingerprint density at radius 2 is 1.93 bits per heavy atom. The van der Waals surface area contributed by atoms with Crippen LogP contribution in [0.15, 0.2) is 18.2 Å². The molecule has 1 heteroatoms. The van der Waals surface area contributed by atoms with Crippen molar-refractivity contribution in [3.05, 3.63) is 34.9 Å². The molecule has 1 aromatic carbocycles. The van der Waals surface area contributed by atoms with Gasteiger partial charge >= 0.3 is 0 Å². The molecule has 1 aromatic rings. The summed E-state index contributed by atoms with van der Waals surface area (Å²) in [7, 11) is 0. The first kappa shape index (κ1) is 10.8. The third kappa shape index (κ3) is 2.14. The second-order valence-corrected chi connectivity index (χ2v) is 4.59. The van der Waals surface area contributed by atoms with Crippen LogP contribution >= 0.6 is 0 Å². The average Bonchev–Trinajstić information content (AvgIpc) is 2.15. The normalized spacial score (nSPS) is 11.1. The maximum absolute atomic E-state index is 8.84. The van der Waals surface area contributed by atoms with Crippen molar-refractivity contribution in [1.29, 1.82) is 5.26 Å². The van der Waals surface area contributed by atoms with Gasteiger partial charge in [0.15, 0.2) is 0 Å². The van der Waals surface area contributed by atoms with Crippen molar-refractivity contribution in [3.8, 4) is 6.07 Å². The highest BCUT2D eigenvalue weighted by molar-refractivity contribution is 5.41. The van der Waals surface area contributed by atoms with Crippen LogP contribution in [0.1, 0.15) is 44.4 Å². The van der Waals surface area contributed by atoms with Crippen LogP contribution in [0.4, 0.5) is 0 Å². The summed E-state index contributed by atoms with van der Waals surface area (Å²) in [4.78, 5) is 0. The van der Waals surface area contributed by atoms with Gasteiger partial charge in [-0.1, -0.05) is 33.8 Å². The predicted molar refractivity (Wildman–Crippen MR) is 59.2 cm³/mol. The topological polar surface area (TPSA) is 23.8 Å². The van der Waals surface area contributed by atoms with E-state index in [9.17, 15) is 0 Å². The minimum Gasteiger partial charge on any atom is -0.192 e. The zero-order valence-electron chi connectivity index (χ0n) is 9.39. The fourth-order valence-corrected chi connectivity index (χ4v) is 1.65. The first-order chi connectivity index (χ1) is 6.49. The molecule has 0 saturated heterocycles. The lowest BCUT2D eigenvalue weighted by atomic mass is 9.82. The highest BCUT2D eigenvalue weighted by atomic mass is 14.3. The van der Waals surface area contributed by atoms with Crippen molar-refractivity contribution < 1.29 is 0 Å². The molecule has 74 valence electrons. The van der Waals surface area contributed by atoms with Crippen molar-refractivity contribution in [2.24, 2.45) is 0 Å². The molecule has 1 rings (SSSR count). The summed E-state index contributed by atoms with van der Waals surface area (Å²) < 4.78 is 0. The Morgan fingerprint density at radius 3 is 2.36 bits per heavy atom. The summed E-state index contributed by atoms with van der Waals surface area (Å²) in [6.45, 7) is 8.70. The van der Waals surface area contributed by atoms with Gasteiger partial charge in [0.1, 0.15) is 0 Å². The molecular formula is C13H17N. The lowest BCUT2D eigenvalue weighted by Gasteiger charge is -2.22. The van der Waals surface area contributed by atoms with Crippen LogP contribution in [0.2, 0.25) is 0 Å². The van der Waals surface area contributed by atoms with Gasteiger partial charge in [0, 0.05) is 0 Å². The number of benzene rings is 1. The Balaban J connectivity index is 3.31. The zero-order chi connectivity index (χ0) is 10.8. The number of hydrogen-bond donors (Lipinski definition) is 0. The maximum atomic E-state index is 8.84. The van der Waals surface area contributed by atoms with Crippen LogP contribution in [0.3, 0.4) is 0 Å². The molecule has 0 fully saturated rings. The van der Waals surface area contributed by atoms with E-state index in [1.807, 2.05) is 12.1 Å². The van der Waals surface area contributed by atoms with Crippen LogP contribution in [-0.4, -0.2) is 0 Å². The van der Waals surface area contributed by atoms with Gasteiger partial charge in [0.2, 0.25) is 0 Å². The quantitative estimate of drug-likeness (QED) is 0.661. The molecule has 0 N–H and O–H groups in total. The van der Waals surface area contributed by atoms with E-state index in [1.54, 1.807) is 0 Å². The Labute approximate surface area is 86.4 Å². The fourth-order valence-electron chi connectivity index (χ4n) is 1.65. The molecule has 14 heavy (non-hydrogen) atoms. The highest BCUT2D eigenvalue weighted by Crippen LogP contribution is 2.27. The summed E-state index contributed by atoms with van der Waals surface area (Å²) in [5, 5.41) is 8.84. The molecule has 0 atom stereocenters. The number of nitriles is 1. The maximum Gasteiger partial charge on any atom is 0.0991 e. The summed E-state index contributed by atoms with van der Waals surface area (Å²) in [5.74, 6) is 0. The molecule has 0 aliphatic heterocycles. The van der Waals surface area contributed by atoms with Crippen LogP contribution in [0.5, 0.6) is 0 Å². The Hall–Kier alpha value is -1.29. The van der Waals surface area contributed by atoms with Crippen LogP contribution in [-0.2, 0) is 11.8 Å². The summed E-state index contributed by atoms with van der Waals surface area (Å²) in [6, 6.07) is 8.17. The Bertz CT molecular complexity index is 364. The smallest absolute Gasteiger partial charge is 0.0991 e. The molecule has 0 saturated carbocycles. The van der Waals surface area contributed by atoms with Gasteiger partial charge in [-0.25, -0.2) is 0 Å². The lowest BCUT2D eigenvalue weighted by Crippen LogP contribution is -2.14. The Morgan fingerprint density at radius 1 is 1.29 bits per heavy atom. The first-order valence-electron chi connectivity index (χ1n) is 5.02. The van der Waals surface area contributed by atoms with Crippen LogP contribution in [0.25, 0.3) is 0 Å². The summed E-state index contributed by atoms with van der Waals surface area (Å²) in [5.41, 5.74) is 3.51. The monoisotopic (exact) mass is 187 g/mol. The molecule has 1 nitrogen and oxygen atoms in total. The van der Waals surface area contributed by atoms with E-state index in [2.05, 4.69) is 39.8 Å². The minimum absolute atomic E-state index is 0.123. The van der Waals surface area contributed by atoms with Crippen molar-refractivity contribution in [3.63, 3.8) is 0 Å². The summed E-state index contributed by atoms with van der Waals surface area (Å²) >= 11 is 0. The number of hydrogen-bond acceptors (Lipinski definition) is 1. The van der Waals surface area contributed by atoms with E-state index in [-0.39, 0.29) is 5.41 Å². The number of rotatable bonds is 1. The van der Waals surface area contributed by atoms with Gasteiger partial charge in [-0.2, -0.15) is 5.26 Å². The third-order valence-corrected chi connectivity index (χ3v) is 2.43. The van der Waals surface area contributed by atoms with Gasteiger partial charge in [-0.15, -0.1) is 0 Å². The average molecular weight is 187 g/mol. The predicted octanol–water partition coefficient (Wildman–Crippen LogP) is 3.42. The molecule has 0 radical (unpaired) electrons. The van der Waals surface area contributed by atoms with Crippen LogP contribution < -0.4 is 0 Å². The van der Waals surface area contributed by atoms with Crippen molar-refractivity contribution in [2.45, 2.75) is 39.5 Å². The van der Waals surface area contributed by atoms with Gasteiger partial charge < -0.3 is 0 Å². The van der Waals surface area contributed by atoms with E-state index in [0.29, 0.717) is 0 Å². The highest BCUT2D eigenvalue weighted by Gasteiger charge is 2.17. The number of aryl methyl sites for hydroxylation is 1. The molecular weight excluding hydrogens is 170 g/mol. The van der Waals surface area contributed by atoms with Gasteiger partial charge in [0.25, 0.3) is 0 Å². The molecule has 0 bridgehead atoms. The molecule has 0 aliphatic carbocycles. The third-order valence-electron chi connectivity index (χ3n) is 2.43. The summed E-state index contributed by atoms with van der Waals surface area (Å²) in [6.07, 6.45) is 1.03. The molecule has 0 heterocycles. The molecule has 0 amide bonds. The van der Waals surface area contributed by atoms with E-state index in [1.165, 1.54) is 11.1 Å².